The fourth-order valence-corrected chi connectivity index (χ4v) is 2.24. The number of hydrogen-bond donors (Lipinski definition) is 3. The first kappa shape index (κ1) is 13.7. The van der Waals surface area contributed by atoms with E-state index in [0.717, 1.165) is 0 Å². The van der Waals surface area contributed by atoms with Crippen LogP contribution in [0.3, 0.4) is 0 Å². The van der Waals surface area contributed by atoms with Gasteiger partial charge in [0, 0.05) is 5.54 Å². The molecule has 0 amide bonds. The number of nitrogens with zero attached hydrogens (tertiary/aromatic N) is 2. The molecule has 0 saturated carbocycles. The van der Waals surface area contributed by atoms with Gasteiger partial charge in [-0.25, -0.2) is 9.82 Å². The van der Waals surface area contributed by atoms with Gasteiger partial charge in [0.25, 0.3) is 0 Å². The second-order valence-corrected chi connectivity index (χ2v) is 5.77. The molecule has 3 N–H and O–H groups in total. The van der Waals surface area contributed by atoms with Crippen molar-refractivity contribution >= 4 is 16.2 Å². The molecule has 0 aliphatic carbocycles. The Labute approximate surface area is 100 Å². The Hall–Kier alpha value is -1.35. The SMILES string of the molecule is CCOc1n[nH]c(NS(=O)(=O)NC(C)(C)C)n1. The molecule has 1 aromatic heterocycles. The van der Waals surface area contributed by atoms with Gasteiger partial charge in [-0.3, -0.25) is 0 Å². The molecule has 0 aliphatic heterocycles. The standard InChI is InChI=1S/C8H17N5O3S/c1-5-16-7-9-6(10-11-7)12-17(14,15)13-8(2,3)4/h13H,5H2,1-4H3,(H2,9,10,11,12). The summed E-state index contributed by atoms with van der Waals surface area (Å²) in [4.78, 5) is 3.80. The van der Waals surface area contributed by atoms with Gasteiger partial charge in [-0.15, -0.1) is 5.10 Å². The van der Waals surface area contributed by atoms with Crippen molar-refractivity contribution < 1.29 is 13.2 Å². The van der Waals surface area contributed by atoms with Crippen molar-refractivity contribution in [1.29, 1.82) is 0 Å². The van der Waals surface area contributed by atoms with Crippen LogP contribution in [0.5, 0.6) is 6.01 Å². The zero-order chi connectivity index (χ0) is 13.1. The smallest absolute Gasteiger partial charge is 0.337 e. The minimum Gasteiger partial charge on any atom is -0.463 e. The summed E-state index contributed by atoms with van der Waals surface area (Å²) in [5.74, 6) is 0.00481. The van der Waals surface area contributed by atoms with E-state index in [1.165, 1.54) is 0 Å². The van der Waals surface area contributed by atoms with Gasteiger partial charge >= 0.3 is 16.2 Å². The largest absolute Gasteiger partial charge is 0.463 e. The Morgan fingerprint density at radius 3 is 2.59 bits per heavy atom. The van der Waals surface area contributed by atoms with Crippen LogP contribution in [0.1, 0.15) is 27.7 Å². The number of aromatic nitrogens is 3. The number of hydrogen-bond acceptors (Lipinski definition) is 5. The molecule has 1 aromatic rings. The average molecular weight is 263 g/mol. The minimum absolute atomic E-state index is 0.00481. The molecule has 17 heavy (non-hydrogen) atoms. The second-order valence-electron chi connectivity index (χ2n) is 4.36. The summed E-state index contributed by atoms with van der Waals surface area (Å²) >= 11 is 0. The van der Waals surface area contributed by atoms with Gasteiger partial charge < -0.3 is 4.74 Å². The number of anilines is 1. The van der Waals surface area contributed by atoms with Gasteiger partial charge in [0.2, 0.25) is 5.95 Å². The lowest BCUT2D eigenvalue weighted by Crippen LogP contribution is -2.43. The third kappa shape index (κ3) is 5.00. The molecule has 0 bridgehead atoms. The summed E-state index contributed by atoms with van der Waals surface area (Å²) in [5, 5.41) is 6.09. The molecule has 0 radical (unpaired) electrons. The lowest BCUT2D eigenvalue weighted by Gasteiger charge is -2.19. The molecule has 8 nitrogen and oxygen atoms in total. The van der Waals surface area contributed by atoms with Crippen molar-refractivity contribution in [3.63, 3.8) is 0 Å². The Kier molecular flexibility index (Phi) is 3.94. The Morgan fingerprint density at radius 2 is 2.06 bits per heavy atom. The van der Waals surface area contributed by atoms with Crippen LogP contribution in [0.4, 0.5) is 5.95 Å². The number of ether oxygens (including phenoxy) is 1. The van der Waals surface area contributed by atoms with Crippen molar-refractivity contribution in [3.05, 3.63) is 0 Å². The first-order valence-electron chi connectivity index (χ1n) is 5.09. The van der Waals surface area contributed by atoms with Gasteiger partial charge in [-0.05, 0) is 27.7 Å². The van der Waals surface area contributed by atoms with Crippen LogP contribution >= 0.6 is 0 Å². The van der Waals surface area contributed by atoms with Crippen molar-refractivity contribution in [2.45, 2.75) is 33.2 Å². The molecule has 0 atom stereocenters. The normalized spacial score (nSPS) is 12.5. The van der Waals surface area contributed by atoms with Crippen LogP contribution in [0.25, 0.3) is 0 Å². The Morgan fingerprint density at radius 1 is 1.41 bits per heavy atom. The lowest BCUT2D eigenvalue weighted by atomic mass is 10.1. The number of H-pyrrole nitrogens is 1. The fraction of sp³-hybridized carbons (Fsp3) is 0.750. The van der Waals surface area contributed by atoms with Crippen LogP contribution in [0, 0.1) is 0 Å². The summed E-state index contributed by atoms with van der Waals surface area (Å²) < 4.78 is 32.9. The summed E-state index contributed by atoms with van der Waals surface area (Å²) in [7, 11) is -3.68. The first-order chi connectivity index (χ1) is 7.72. The third-order valence-corrected chi connectivity index (χ3v) is 2.75. The molecular formula is C8H17N5O3S. The highest BCUT2D eigenvalue weighted by Gasteiger charge is 2.20. The Bertz CT molecular complexity index is 462. The molecule has 98 valence electrons. The van der Waals surface area contributed by atoms with Gasteiger partial charge in [-0.2, -0.15) is 18.1 Å². The molecule has 0 fully saturated rings. The third-order valence-electron chi connectivity index (χ3n) is 1.41. The molecule has 9 heteroatoms. The van der Waals surface area contributed by atoms with Crippen molar-refractivity contribution in [1.82, 2.24) is 19.9 Å². The summed E-state index contributed by atoms with van der Waals surface area (Å²) in [6, 6.07) is 0.0981. The maximum atomic E-state index is 11.6. The average Bonchev–Trinajstić information content (AvgIpc) is 2.47. The van der Waals surface area contributed by atoms with Gasteiger partial charge in [0.1, 0.15) is 0 Å². The van der Waals surface area contributed by atoms with Gasteiger partial charge in [-0.1, -0.05) is 0 Å². The van der Waals surface area contributed by atoms with E-state index in [9.17, 15) is 8.42 Å². The van der Waals surface area contributed by atoms with Crippen LogP contribution in [0.15, 0.2) is 0 Å². The number of rotatable bonds is 5. The maximum Gasteiger partial charge on any atom is 0.337 e. The maximum absolute atomic E-state index is 11.6. The molecule has 0 saturated heterocycles. The molecule has 0 spiro atoms. The van der Waals surface area contributed by atoms with Crippen LogP contribution in [-0.2, 0) is 10.2 Å². The molecule has 0 unspecified atom stereocenters. The van der Waals surface area contributed by atoms with Crippen LogP contribution in [-0.4, -0.2) is 35.7 Å². The highest BCUT2D eigenvalue weighted by Crippen LogP contribution is 2.08. The fourth-order valence-electron chi connectivity index (χ4n) is 1.04. The second kappa shape index (κ2) is 4.88. The van der Waals surface area contributed by atoms with Crippen LogP contribution in [0.2, 0.25) is 0 Å². The van der Waals surface area contributed by atoms with Crippen molar-refractivity contribution in [2.75, 3.05) is 11.3 Å². The quantitative estimate of drug-likeness (QED) is 0.705. The molecule has 1 rings (SSSR count). The topological polar surface area (TPSA) is 109 Å². The summed E-state index contributed by atoms with van der Waals surface area (Å²) in [6.45, 7) is 7.39. The summed E-state index contributed by atoms with van der Waals surface area (Å²) in [5.41, 5.74) is -0.575. The van der Waals surface area contributed by atoms with E-state index in [1.807, 2.05) is 0 Å². The molecular weight excluding hydrogens is 246 g/mol. The Balaban J connectivity index is 2.70. The van der Waals surface area contributed by atoms with E-state index < -0.39 is 15.7 Å². The molecule has 0 aromatic carbocycles. The van der Waals surface area contributed by atoms with E-state index in [1.54, 1.807) is 27.7 Å². The van der Waals surface area contributed by atoms with Gasteiger partial charge in [0.15, 0.2) is 0 Å². The van der Waals surface area contributed by atoms with E-state index in [0.29, 0.717) is 6.61 Å². The first-order valence-corrected chi connectivity index (χ1v) is 6.57. The zero-order valence-electron chi connectivity index (χ0n) is 10.2. The predicted octanol–water partition coefficient (Wildman–Crippen LogP) is 0.248. The minimum atomic E-state index is -3.68. The van der Waals surface area contributed by atoms with Crippen molar-refractivity contribution in [2.24, 2.45) is 0 Å². The molecule has 1 heterocycles. The summed E-state index contributed by atoms with van der Waals surface area (Å²) in [6.07, 6.45) is 0. The van der Waals surface area contributed by atoms with E-state index in [4.69, 9.17) is 4.74 Å². The van der Waals surface area contributed by atoms with Crippen LogP contribution < -0.4 is 14.2 Å². The number of aromatic amines is 1. The van der Waals surface area contributed by atoms with E-state index in [-0.39, 0.29) is 12.0 Å². The predicted molar refractivity (Wildman–Crippen MR) is 63.0 cm³/mol. The van der Waals surface area contributed by atoms with E-state index in [2.05, 4.69) is 24.6 Å². The zero-order valence-corrected chi connectivity index (χ0v) is 11.1. The lowest BCUT2D eigenvalue weighted by molar-refractivity contribution is 0.314. The number of nitrogens with one attached hydrogen (secondary N) is 3. The highest BCUT2D eigenvalue weighted by molar-refractivity contribution is 7.90. The monoisotopic (exact) mass is 263 g/mol. The van der Waals surface area contributed by atoms with Crippen molar-refractivity contribution in [3.8, 4) is 6.01 Å². The molecule has 0 aliphatic rings. The highest BCUT2D eigenvalue weighted by atomic mass is 32.2. The van der Waals surface area contributed by atoms with E-state index >= 15 is 0 Å². The van der Waals surface area contributed by atoms with Gasteiger partial charge in [0.05, 0.1) is 6.61 Å².